The van der Waals surface area contributed by atoms with E-state index in [1.807, 2.05) is 23.7 Å². The molecule has 1 saturated heterocycles. The number of anilines is 1. The summed E-state index contributed by atoms with van der Waals surface area (Å²) in [4.78, 5) is 9.17. The lowest BCUT2D eigenvalue weighted by molar-refractivity contribution is 0.242. The van der Waals surface area contributed by atoms with Gasteiger partial charge in [0.05, 0.1) is 19.9 Å². The molecular formula is C16H21ClN4O. The van der Waals surface area contributed by atoms with Crippen molar-refractivity contribution in [1.82, 2.24) is 14.5 Å². The molecule has 0 spiro atoms. The third kappa shape index (κ3) is 3.20. The second-order valence-electron chi connectivity index (χ2n) is 5.52. The molecule has 2 aromatic rings. The maximum atomic E-state index is 6.04. The van der Waals surface area contributed by atoms with Crippen molar-refractivity contribution in [1.29, 1.82) is 0 Å². The van der Waals surface area contributed by atoms with Crippen LogP contribution in [0.1, 0.15) is 5.82 Å². The van der Waals surface area contributed by atoms with E-state index in [1.165, 1.54) is 5.69 Å². The van der Waals surface area contributed by atoms with Crippen LogP contribution in [-0.2, 0) is 13.6 Å². The number of imidazole rings is 1. The van der Waals surface area contributed by atoms with E-state index in [9.17, 15) is 0 Å². The van der Waals surface area contributed by atoms with Crippen molar-refractivity contribution in [2.45, 2.75) is 6.54 Å². The molecule has 118 valence electrons. The van der Waals surface area contributed by atoms with Crippen molar-refractivity contribution >= 4 is 17.3 Å². The van der Waals surface area contributed by atoms with Gasteiger partial charge in [0.1, 0.15) is 16.7 Å². The fourth-order valence-corrected chi connectivity index (χ4v) is 2.89. The van der Waals surface area contributed by atoms with Gasteiger partial charge < -0.3 is 14.2 Å². The minimum Gasteiger partial charge on any atom is -0.497 e. The summed E-state index contributed by atoms with van der Waals surface area (Å²) in [5.41, 5.74) is 1.22. The Labute approximate surface area is 136 Å². The normalized spacial score (nSPS) is 16.0. The molecule has 1 fully saturated rings. The van der Waals surface area contributed by atoms with Crippen molar-refractivity contribution in [3.8, 4) is 5.75 Å². The summed E-state index contributed by atoms with van der Waals surface area (Å²) in [6.45, 7) is 4.88. The number of hydrogen-bond donors (Lipinski definition) is 0. The molecule has 22 heavy (non-hydrogen) atoms. The molecule has 2 heterocycles. The Morgan fingerprint density at radius 1 is 1.23 bits per heavy atom. The molecule has 0 unspecified atom stereocenters. The van der Waals surface area contributed by atoms with Crippen LogP contribution in [0.3, 0.4) is 0 Å². The molecule has 1 aromatic heterocycles. The number of halogens is 1. The Morgan fingerprint density at radius 3 is 2.64 bits per heavy atom. The summed E-state index contributed by atoms with van der Waals surface area (Å²) in [7, 11) is 3.66. The van der Waals surface area contributed by atoms with E-state index in [-0.39, 0.29) is 0 Å². The average molecular weight is 321 g/mol. The Morgan fingerprint density at radius 2 is 2.00 bits per heavy atom. The summed E-state index contributed by atoms with van der Waals surface area (Å²) >= 11 is 6.04. The number of aromatic nitrogens is 2. The number of piperazine rings is 1. The number of benzene rings is 1. The molecule has 0 atom stereocenters. The van der Waals surface area contributed by atoms with E-state index in [4.69, 9.17) is 16.3 Å². The average Bonchev–Trinajstić information content (AvgIpc) is 2.88. The number of hydrogen-bond acceptors (Lipinski definition) is 4. The van der Waals surface area contributed by atoms with Gasteiger partial charge in [-0.05, 0) is 12.1 Å². The number of nitrogens with zero attached hydrogens (tertiary/aromatic N) is 4. The fraction of sp³-hybridized carbons (Fsp3) is 0.438. The highest BCUT2D eigenvalue weighted by Crippen LogP contribution is 2.22. The third-order valence-corrected chi connectivity index (χ3v) is 4.53. The largest absolute Gasteiger partial charge is 0.497 e. The quantitative estimate of drug-likeness (QED) is 0.866. The van der Waals surface area contributed by atoms with E-state index in [1.54, 1.807) is 13.3 Å². The van der Waals surface area contributed by atoms with Crippen LogP contribution in [0.5, 0.6) is 5.75 Å². The van der Waals surface area contributed by atoms with Crippen LogP contribution < -0.4 is 9.64 Å². The highest BCUT2D eigenvalue weighted by atomic mass is 35.5. The Balaban J connectivity index is 1.59. The van der Waals surface area contributed by atoms with E-state index in [2.05, 4.69) is 26.9 Å². The minimum absolute atomic E-state index is 0.685. The molecule has 1 aromatic carbocycles. The van der Waals surface area contributed by atoms with E-state index in [0.29, 0.717) is 5.15 Å². The first kappa shape index (κ1) is 15.2. The summed E-state index contributed by atoms with van der Waals surface area (Å²) in [5, 5.41) is 0.685. The van der Waals surface area contributed by atoms with Crippen LogP contribution in [0.15, 0.2) is 30.5 Å². The zero-order chi connectivity index (χ0) is 15.5. The van der Waals surface area contributed by atoms with Crippen LogP contribution >= 0.6 is 11.6 Å². The Bertz CT molecular complexity index is 635. The van der Waals surface area contributed by atoms with Gasteiger partial charge in [0, 0.05) is 45.0 Å². The van der Waals surface area contributed by atoms with Crippen LogP contribution in [-0.4, -0.2) is 47.7 Å². The molecule has 0 radical (unpaired) electrons. The first-order chi connectivity index (χ1) is 10.7. The van der Waals surface area contributed by atoms with Crippen molar-refractivity contribution in [3.63, 3.8) is 0 Å². The zero-order valence-corrected chi connectivity index (χ0v) is 13.8. The third-order valence-electron chi connectivity index (χ3n) is 4.18. The molecule has 0 bridgehead atoms. The summed E-state index contributed by atoms with van der Waals surface area (Å²) < 4.78 is 7.24. The highest BCUT2D eigenvalue weighted by molar-refractivity contribution is 6.29. The van der Waals surface area contributed by atoms with Crippen LogP contribution in [0, 0.1) is 0 Å². The van der Waals surface area contributed by atoms with Crippen molar-refractivity contribution in [2.75, 3.05) is 38.2 Å². The van der Waals surface area contributed by atoms with Gasteiger partial charge in [0.15, 0.2) is 0 Å². The van der Waals surface area contributed by atoms with Crippen molar-refractivity contribution < 1.29 is 4.74 Å². The first-order valence-corrected chi connectivity index (χ1v) is 7.82. The molecule has 0 aliphatic carbocycles. The van der Waals surface area contributed by atoms with Gasteiger partial charge in [-0.1, -0.05) is 17.7 Å². The molecule has 6 heteroatoms. The summed E-state index contributed by atoms with van der Waals surface area (Å²) in [5.74, 6) is 1.92. The van der Waals surface area contributed by atoms with Crippen LogP contribution in [0.25, 0.3) is 0 Å². The summed E-state index contributed by atoms with van der Waals surface area (Å²) in [6.07, 6.45) is 1.71. The highest BCUT2D eigenvalue weighted by Gasteiger charge is 2.19. The van der Waals surface area contributed by atoms with E-state index >= 15 is 0 Å². The lowest BCUT2D eigenvalue weighted by Gasteiger charge is -2.36. The van der Waals surface area contributed by atoms with Crippen molar-refractivity contribution in [2.24, 2.45) is 7.05 Å². The maximum Gasteiger partial charge on any atom is 0.128 e. The monoisotopic (exact) mass is 320 g/mol. The molecule has 1 aliphatic heterocycles. The van der Waals surface area contributed by atoms with E-state index in [0.717, 1.165) is 44.3 Å². The molecule has 5 nitrogen and oxygen atoms in total. The number of rotatable bonds is 4. The second kappa shape index (κ2) is 6.58. The fourth-order valence-electron chi connectivity index (χ4n) is 2.74. The van der Waals surface area contributed by atoms with Crippen LogP contribution in [0.2, 0.25) is 5.15 Å². The summed E-state index contributed by atoms with van der Waals surface area (Å²) in [6, 6.07) is 8.24. The number of ether oxygens (including phenoxy) is 1. The molecular weight excluding hydrogens is 300 g/mol. The number of methoxy groups -OCH3 is 1. The van der Waals surface area contributed by atoms with Gasteiger partial charge in [-0.25, -0.2) is 4.98 Å². The van der Waals surface area contributed by atoms with Crippen molar-refractivity contribution in [3.05, 3.63) is 41.4 Å². The predicted molar refractivity (Wildman–Crippen MR) is 88.7 cm³/mol. The maximum absolute atomic E-state index is 6.04. The van der Waals surface area contributed by atoms with E-state index < -0.39 is 0 Å². The van der Waals surface area contributed by atoms with Gasteiger partial charge >= 0.3 is 0 Å². The smallest absolute Gasteiger partial charge is 0.128 e. The van der Waals surface area contributed by atoms with Gasteiger partial charge in [-0.3, -0.25) is 4.90 Å². The standard InChI is InChI=1S/C16H21ClN4O/c1-19-15(17)11-18-16(19)12-20-6-8-21(9-7-20)13-4-3-5-14(10-13)22-2/h3-5,10-11H,6-9,12H2,1-2H3. The minimum atomic E-state index is 0.685. The second-order valence-corrected chi connectivity index (χ2v) is 5.91. The first-order valence-electron chi connectivity index (χ1n) is 7.45. The Hall–Kier alpha value is -1.72. The van der Waals surface area contributed by atoms with Gasteiger partial charge in [-0.15, -0.1) is 0 Å². The van der Waals surface area contributed by atoms with Crippen LogP contribution in [0.4, 0.5) is 5.69 Å². The lowest BCUT2D eigenvalue weighted by atomic mass is 10.2. The topological polar surface area (TPSA) is 33.5 Å². The SMILES string of the molecule is COc1cccc(N2CCN(Cc3ncc(Cl)n3C)CC2)c1. The predicted octanol–water partition coefficient (Wildman–Crippen LogP) is 2.40. The zero-order valence-electron chi connectivity index (χ0n) is 13.0. The van der Waals surface area contributed by atoms with Gasteiger partial charge in [-0.2, -0.15) is 0 Å². The lowest BCUT2D eigenvalue weighted by Crippen LogP contribution is -2.46. The molecule has 3 rings (SSSR count). The molecule has 0 N–H and O–H groups in total. The van der Waals surface area contributed by atoms with Gasteiger partial charge in [0.2, 0.25) is 0 Å². The Kier molecular flexibility index (Phi) is 4.55. The van der Waals surface area contributed by atoms with Gasteiger partial charge in [0.25, 0.3) is 0 Å². The molecule has 1 aliphatic rings. The molecule has 0 saturated carbocycles. The molecule has 0 amide bonds.